The minimum atomic E-state index is 0. The topological polar surface area (TPSA) is 56.9 Å². The zero-order valence-electron chi connectivity index (χ0n) is 15.8. The smallest absolute Gasteiger partial charge is 0.194 e. The number of piperazine rings is 1. The SMILES string of the molecule is CCNC(=NCc1ccc(Br)cc1C)N1CCN(Cc2ccon2)CC1.I. The molecule has 1 aliphatic heterocycles. The maximum absolute atomic E-state index is 4.92. The molecule has 3 rings (SSSR count). The highest BCUT2D eigenvalue weighted by atomic mass is 127. The first-order valence-electron chi connectivity index (χ1n) is 9.05. The fraction of sp³-hybridized carbons (Fsp3) is 0.474. The van der Waals surface area contributed by atoms with Crippen molar-refractivity contribution in [3.63, 3.8) is 0 Å². The molecule has 0 saturated carbocycles. The Kier molecular flexibility index (Phi) is 9.04. The Labute approximate surface area is 186 Å². The second-order valence-electron chi connectivity index (χ2n) is 6.49. The van der Waals surface area contributed by atoms with Crippen molar-refractivity contribution in [2.45, 2.75) is 26.9 Å². The van der Waals surface area contributed by atoms with Crippen LogP contribution in [0.5, 0.6) is 0 Å². The van der Waals surface area contributed by atoms with Crippen LogP contribution in [0.2, 0.25) is 0 Å². The van der Waals surface area contributed by atoms with Crippen LogP contribution in [0.4, 0.5) is 0 Å². The van der Waals surface area contributed by atoms with Gasteiger partial charge in [0, 0.05) is 49.8 Å². The number of hydrogen-bond acceptors (Lipinski definition) is 4. The molecule has 0 bridgehead atoms. The Bertz CT molecular complexity index is 730. The largest absolute Gasteiger partial charge is 0.364 e. The number of benzene rings is 1. The Morgan fingerprint density at radius 3 is 2.67 bits per heavy atom. The highest BCUT2D eigenvalue weighted by Gasteiger charge is 2.20. The summed E-state index contributed by atoms with van der Waals surface area (Å²) in [6, 6.07) is 8.29. The van der Waals surface area contributed by atoms with E-state index in [0.29, 0.717) is 6.54 Å². The Morgan fingerprint density at radius 2 is 2.04 bits per heavy atom. The molecule has 1 fully saturated rings. The van der Waals surface area contributed by atoms with Crippen LogP contribution in [0.1, 0.15) is 23.7 Å². The van der Waals surface area contributed by atoms with Crippen LogP contribution in [0.3, 0.4) is 0 Å². The summed E-state index contributed by atoms with van der Waals surface area (Å²) >= 11 is 3.52. The predicted octanol–water partition coefficient (Wildman–Crippen LogP) is 3.65. The molecule has 1 saturated heterocycles. The Hall–Kier alpha value is -1.13. The van der Waals surface area contributed by atoms with Gasteiger partial charge in [0.15, 0.2) is 5.96 Å². The highest BCUT2D eigenvalue weighted by Crippen LogP contribution is 2.17. The Morgan fingerprint density at radius 1 is 1.26 bits per heavy atom. The second kappa shape index (κ2) is 11.0. The van der Waals surface area contributed by atoms with Crippen molar-refractivity contribution in [1.29, 1.82) is 0 Å². The van der Waals surface area contributed by atoms with E-state index in [0.717, 1.165) is 55.4 Å². The number of hydrogen-bond donors (Lipinski definition) is 1. The van der Waals surface area contributed by atoms with Gasteiger partial charge in [0.1, 0.15) is 6.26 Å². The maximum atomic E-state index is 4.92. The molecule has 1 aliphatic rings. The summed E-state index contributed by atoms with van der Waals surface area (Å²) in [5, 5.41) is 7.44. The van der Waals surface area contributed by atoms with Crippen LogP contribution in [0.15, 0.2) is 44.5 Å². The summed E-state index contributed by atoms with van der Waals surface area (Å²) in [4.78, 5) is 9.61. The van der Waals surface area contributed by atoms with Crippen LogP contribution in [0.25, 0.3) is 0 Å². The lowest BCUT2D eigenvalue weighted by Crippen LogP contribution is -2.52. The van der Waals surface area contributed by atoms with Gasteiger partial charge < -0.3 is 14.7 Å². The van der Waals surface area contributed by atoms with E-state index < -0.39 is 0 Å². The Balaban J connectivity index is 0.00000261. The monoisotopic (exact) mass is 547 g/mol. The fourth-order valence-corrected chi connectivity index (χ4v) is 3.56. The molecule has 27 heavy (non-hydrogen) atoms. The van der Waals surface area contributed by atoms with E-state index in [4.69, 9.17) is 9.52 Å². The third-order valence-electron chi connectivity index (χ3n) is 4.59. The molecular weight excluding hydrogens is 521 g/mol. The number of halogens is 2. The molecule has 8 heteroatoms. The van der Waals surface area contributed by atoms with E-state index >= 15 is 0 Å². The quantitative estimate of drug-likeness (QED) is 0.352. The number of rotatable bonds is 5. The van der Waals surface area contributed by atoms with Gasteiger partial charge in [0.2, 0.25) is 0 Å². The number of nitrogens with zero attached hydrogens (tertiary/aromatic N) is 4. The van der Waals surface area contributed by atoms with Gasteiger partial charge in [-0.2, -0.15) is 0 Å². The van der Waals surface area contributed by atoms with Crippen molar-refractivity contribution in [3.8, 4) is 0 Å². The van der Waals surface area contributed by atoms with Crippen LogP contribution in [-0.4, -0.2) is 53.6 Å². The van der Waals surface area contributed by atoms with Crippen molar-refractivity contribution < 1.29 is 4.52 Å². The second-order valence-corrected chi connectivity index (χ2v) is 7.41. The summed E-state index contributed by atoms with van der Waals surface area (Å²) in [7, 11) is 0. The third-order valence-corrected chi connectivity index (χ3v) is 5.08. The van der Waals surface area contributed by atoms with Crippen LogP contribution < -0.4 is 5.32 Å². The number of aliphatic imine (C=N–C) groups is 1. The van der Waals surface area contributed by atoms with E-state index in [1.165, 1.54) is 11.1 Å². The summed E-state index contributed by atoms with van der Waals surface area (Å²) in [5.41, 5.74) is 3.51. The van der Waals surface area contributed by atoms with Gasteiger partial charge in [-0.3, -0.25) is 4.90 Å². The summed E-state index contributed by atoms with van der Waals surface area (Å²) < 4.78 is 6.03. The van der Waals surface area contributed by atoms with Crippen molar-refractivity contribution in [2.24, 2.45) is 4.99 Å². The molecule has 1 aromatic heterocycles. The lowest BCUT2D eigenvalue weighted by Gasteiger charge is -2.36. The molecule has 2 heterocycles. The first kappa shape index (κ1) is 22.2. The summed E-state index contributed by atoms with van der Waals surface area (Å²) in [5.74, 6) is 0.996. The molecule has 0 aliphatic carbocycles. The minimum absolute atomic E-state index is 0. The average Bonchev–Trinajstić information content (AvgIpc) is 3.14. The number of guanidine groups is 1. The number of aromatic nitrogens is 1. The molecule has 0 amide bonds. The minimum Gasteiger partial charge on any atom is -0.364 e. The zero-order chi connectivity index (χ0) is 18.4. The number of aryl methyl sites for hydroxylation is 1. The van der Waals surface area contributed by atoms with Gasteiger partial charge in [-0.25, -0.2) is 4.99 Å². The van der Waals surface area contributed by atoms with E-state index in [2.05, 4.69) is 68.2 Å². The van der Waals surface area contributed by atoms with Gasteiger partial charge >= 0.3 is 0 Å². The van der Waals surface area contributed by atoms with Gasteiger partial charge in [-0.1, -0.05) is 27.2 Å². The van der Waals surface area contributed by atoms with Crippen LogP contribution >= 0.6 is 39.9 Å². The van der Waals surface area contributed by atoms with Crippen molar-refractivity contribution >= 4 is 45.9 Å². The lowest BCUT2D eigenvalue weighted by molar-refractivity contribution is 0.169. The normalized spacial score (nSPS) is 15.5. The van der Waals surface area contributed by atoms with Crippen molar-refractivity contribution in [2.75, 3.05) is 32.7 Å². The molecule has 0 spiro atoms. The molecule has 2 aromatic rings. The van der Waals surface area contributed by atoms with Crippen molar-refractivity contribution in [3.05, 3.63) is 51.8 Å². The van der Waals surface area contributed by atoms with E-state index in [1.807, 2.05) is 6.07 Å². The lowest BCUT2D eigenvalue weighted by atomic mass is 10.1. The molecule has 1 N–H and O–H groups in total. The molecule has 6 nitrogen and oxygen atoms in total. The summed E-state index contributed by atoms with van der Waals surface area (Å²) in [6.45, 7) is 10.6. The molecule has 0 radical (unpaired) electrons. The molecule has 0 atom stereocenters. The fourth-order valence-electron chi connectivity index (χ4n) is 3.09. The zero-order valence-corrected chi connectivity index (χ0v) is 19.7. The average molecular weight is 548 g/mol. The van der Waals surface area contributed by atoms with Gasteiger partial charge in [-0.15, -0.1) is 24.0 Å². The van der Waals surface area contributed by atoms with Gasteiger partial charge in [0.05, 0.1) is 12.2 Å². The highest BCUT2D eigenvalue weighted by molar-refractivity contribution is 14.0. The maximum Gasteiger partial charge on any atom is 0.194 e. The van der Waals surface area contributed by atoms with E-state index in [9.17, 15) is 0 Å². The van der Waals surface area contributed by atoms with Gasteiger partial charge in [0.25, 0.3) is 0 Å². The van der Waals surface area contributed by atoms with E-state index in [1.54, 1.807) is 6.26 Å². The molecular formula is C19H27BrIN5O. The third kappa shape index (κ3) is 6.46. The number of nitrogens with one attached hydrogen (secondary N) is 1. The van der Waals surface area contributed by atoms with Crippen molar-refractivity contribution in [1.82, 2.24) is 20.3 Å². The standard InChI is InChI=1S/C19H26BrN5O.HI/c1-3-21-19(22-13-16-4-5-17(20)12-15(16)2)25-9-7-24(8-10-25)14-18-6-11-26-23-18;/h4-6,11-12H,3,7-10,13-14H2,1-2H3,(H,21,22);1H. The molecule has 0 unspecified atom stereocenters. The van der Waals surface area contributed by atoms with E-state index in [-0.39, 0.29) is 24.0 Å². The summed E-state index contributed by atoms with van der Waals surface area (Å²) in [6.07, 6.45) is 1.63. The van der Waals surface area contributed by atoms with Crippen LogP contribution in [0, 0.1) is 6.92 Å². The van der Waals surface area contributed by atoms with Gasteiger partial charge in [-0.05, 0) is 37.1 Å². The molecule has 148 valence electrons. The first-order chi connectivity index (χ1) is 12.7. The molecule has 1 aromatic carbocycles. The predicted molar refractivity (Wildman–Crippen MR) is 122 cm³/mol. The van der Waals surface area contributed by atoms with Crippen LogP contribution in [-0.2, 0) is 13.1 Å². The first-order valence-corrected chi connectivity index (χ1v) is 9.85.